The van der Waals surface area contributed by atoms with E-state index >= 15 is 0 Å². The molecule has 0 radical (unpaired) electrons. The summed E-state index contributed by atoms with van der Waals surface area (Å²) in [7, 11) is 0. The van der Waals surface area contributed by atoms with Crippen molar-refractivity contribution in [3.05, 3.63) is 0 Å². The van der Waals surface area contributed by atoms with Gasteiger partial charge in [-0.2, -0.15) is 0 Å². The van der Waals surface area contributed by atoms with Gasteiger partial charge in [-0.15, -0.1) is 0 Å². The van der Waals surface area contributed by atoms with Crippen molar-refractivity contribution in [3.63, 3.8) is 0 Å². The molecule has 1 aliphatic heterocycles. The zero-order valence-corrected chi connectivity index (χ0v) is 11.4. The summed E-state index contributed by atoms with van der Waals surface area (Å²) in [6.45, 7) is 5.51. The Labute approximate surface area is 107 Å². The summed E-state index contributed by atoms with van der Waals surface area (Å²) >= 11 is 0. The molecule has 2 aliphatic rings. The van der Waals surface area contributed by atoms with E-state index in [4.69, 9.17) is 4.74 Å². The fraction of sp³-hybridized carbons (Fsp3) is 1.00. The zero-order valence-electron chi connectivity index (χ0n) is 11.4. The van der Waals surface area contributed by atoms with E-state index < -0.39 is 0 Å². The van der Waals surface area contributed by atoms with Crippen LogP contribution in [0.25, 0.3) is 0 Å². The van der Waals surface area contributed by atoms with Crippen LogP contribution in [0.5, 0.6) is 0 Å². The van der Waals surface area contributed by atoms with Crippen molar-refractivity contribution in [1.82, 2.24) is 5.32 Å². The first-order chi connectivity index (χ1) is 8.36. The number of nitrogens with one attached hydrogen (secondary N) is 1. The molecule has 2 rings (SSSR count). The Morgan fingerprint density at radius 1 is 1.06 bits per heavy atom. The molecule has 0 aromatic heterocycles. The molecule has 0 aromatic carbocycles. The van der Waals surface area contributed by atoms with Gasteiger partial charge in [0.25, 0.3) is 0 Å². The van der Waals surface area contributed by atoms with E-state index in [9.17, 15) is 0 Å². The van der Waals surface area contributed by atoms with Crippen LogP contribution in [0.15, 0.2) is 0 Å². The molecule has 1 saturated carbocycles. The van der Waals surface area contributed by atoms with Crippen LogP contribution < -0.4 is 5.32 Å². The van der Waals surface area contributed by atoms with Crippen LogP contribution in [-0.4, -0.2) is 25.8 Å². The average molecular weight is 239 g/mol. The quantitative estimate of drug-likeness (QED) is 0.760. The molecular formula is C15H29NO. The Bertz CT molecular complexity index is 193. The summed E-state index contributed by atoms with van der Waals surface area (Å²) in [6.07, 6.45) is 11.3. The van der Waals surface area contributed by atoms with E-state index in [0.717, 1.165) is 31.6 Å². The molecule has 0 bridgehead atoms. The van der Waals surface area contributed by atoms with Crippen LogP contribution in [0.4, 0.5) is 0 Å². The molecule has 1 saturated heterocycles. The van der Waals surface area contributed by atoms with Crippen LogP contribution >= 0.6 is 0 Å². The van der Waals surface area contributed by atoms with Gasteiger partial charge in [0.05, 0.1) is 6.61 Å². The monoisotopic (exact) mass is 239 g/mol. The first-order valence-corrected chi connectivity index (χ1v) is 7.67. The van der Waals surface area contributed by atoms with Crippen molar-refractivity contribution >= 4 is 0 Å². The van der Waals surface area contributed by atoms with Crippen LogP contribution in [0, 0.1) is 11.8 Å². The predicted octanol–water partition coefficient (Wildman–Crippen LogP) is 3.36. The molecule has 2 atom stereocenters. The number of rotatable bonds is 4. The van der Waals surface area contributed by atoms with Gasteiger partial charge in [-0.25, -0.2) is 0 Å². The Morgan fingerprint density at radius 3 is 2.47 bits per heavy atom. The van der Waals surface area contributed by atoms with Gasteiger partial charge >= 0.3 is 0 Å². The lowest BCUT2D eigenvalue weighted by molar-refractivity contribution is 0.0530. The molecule has 1 aliphatic carbocycles. The van der Waals surface area contributed by atoms with E-state index in [1.807, 2.05) is 0 Å². The van der Waals surface area contributed by atoms with Crippen LogP contribution in [0.1, 0.15) is 58.3 Å². The van der Waals surface area contributed by atoms with Crippen LogP contribution in [0.3, 0.4) is 0 Å². The Kier molecular flexibility index (Phi) is 5.79. The van der Waals surface area contributed by atoms with Crippen LogP contribution in [0.2, 0.25) is 0 Å². The van der Waals surface area contributed by atoms with Crippen molar-refractivity contribution in [2.75, 3.05) is 19.8 Å². The lowest BCUT2D eigenvalue weighted by Crippen LogP contribution is -2.38. The predicted molar refractivity (Wildman–Crippen MR) is 72.2 cm³/mol. The summed E-state index contributed by atoms with van der Waals surface area (Å²) in [5, 5.41) is 3.77. The van der Waals surface area contributed by atoms with Crippen molar-refractivity contribution in [2.24, 2.45) is 11.8 Å². The van der Waals surface area contributed by atoms with Gasteiger partial charge in [-0.3, -0.25) is 0 Å². The second kappa shape index (κ2) is 7.38. The third-order valence-electron chi connectivity index (χ3n) is 4.59. The standard InChI is InChI=1S/C15H29NO/c1-13(15-8-4-2-3-5-9-15)16-11-14-7-6-10-17-12-14/h13-16H,2-12H2,1H3/t13-,14?/m0/s1. The lowest BCUT2D eigenvalue weighted by Gasteiger charge is -2.28. The van der Waals surface area contributed by atoms with E-state index in [-0.39, 0.29) is 0 Å². The third-order valence-corrected chi connectivity index (χ3v) is 4.59. The Hall–Kier alpha value is -0.0800. The maximum absolute atomic E-state index is 5.54. The summed E-state index contributed by atoms with van der Waals surface area (Å²) in [6, 6.07) is 0.704. The van der Waals surface area contributed by atoms with Gasteiger partial charge < -0.3 is 10.1 Å². The first kappa shape index (κ1) is 13.4. The molecule has 2 nitrogen and oxygen atoms in total. The zero-order chi connectivity index (χ0) is 11.9. The SMILES string of the molecule is C[C@H](NCC1CCCOC1)C1CCCCCC1. The summed E-state index contributed by atoms with van der Waals surface area (Å²) in [5.74, 6) is 1.68. The summed E-state index contributed by atoms with van der Waals surface area (Å²) < 4.78 is 5.54. The van der Waals surface area contributed by atoms with Gasteiger partial charge in [0.15, 0.2) is 0 Å². The number of hydrogen-bond acceptors (Lipinski definition) is 2. The average Bonchev–Trinajstić information content (AvgIpc) is 2.66. The van der Waals surface area contributed by atoms with E-state index in [1.54, 1.807) is 0 Å². The molecule has 2 heteroatoms. The van der Waals surface area contributed by atoms with E-state index in [1.165, 1.54) is 51.4 Å². The highest BCUT2D eigenvalue weighted by Crippen LogP contribution is 2.25. The maximum atomic E-state index is 5.54. The highest BCUT2D eigenvalue weighted by Gasteiger charge is 2.20. The Balaban J connectivity index is 1.66. The van der Waals surface area contributed by atoms with Crippen molar-refractivity contribution in [1.29, 1.82) is 0 Å². The second-order valence-electron chi connectivity index (χ2n) is 6.03. The summed E-state index contributed by atoms with van der Waals surface area (Å²) in [4.78, 5) is 0. The molecule has 17 heavy (non-hydrogen) atoms. The van der Waals surface area contributed by atoms with Gasteiger partial charge in [-0.1, -0.05) is 25.7 Å². The third kappa shape index (κ3) is 4.59. The van der Waals surface area contributed by atoms with Gasteiger partial charge in [0.2, 0.25) is 0 Å². The normalized spacial score (nSPS) is 29.8. The van der Waals surface area contributed by atoms with Gasteiger partial charge in [0, 0.05) is 19.2 Å². The second-order valence-corrected chi connectivity index (χ2v) is 6.03. The highest BCUT2D eigenvalue weighted by atomic mass is 16.5. The molecule has 0 aromatic rings. The number of ether oxygens (including phenoxy) is 1. The lowest BCUT2D eigenvalue weighted by atomic mass is 9.92. The fourth-order valence-electron chi connectivity index (χ4n) is 3.30. The highest BCUT2D eigenvalue weighted by molar-refractivity contribution is 4.76. The molecular weight excluding hydrogens is 210 g/mol. The minimum atomic E-state index is 0.704. The minimum absolute atomic E-state index is 0.704. The van der Waals surface area contributed by atoms with Crippen molar-refractivity contribution < 1.29 is 4.74 Å². The van der Waals surface area contributed by atoms with Gasteiger partial charge in [-0.05, 0) is 44.4 Å². The van der Waals surface area contributed by atoms with E-state index in [0.29, 0.717) is 6.04 Å². The Morgan fingerprint density at radius 2 is 1.82 bits per heavy atom. The molecule has 0 spiro atoms. The van der Waals surface area contributed by atoms with Crippen molar-refractivity contribution in [3.8, 4) is 0 Å². The smallest absolute Gasteiger partial charge is 0.0506 e. The van der Waals surface area contributed by atoms with Crippen molar-refractivity contribution in [2.45, 2.75) is 64.3 Å². The fourth-order valence-corrected chi connectivity index (χ4v) is 3.30. The molecule has 1 N–H and O–H groups in total. The molecule has 1 heterocycles. The van der Waals surface area contributed by atoms with Crippen LogP contribution in [-0.2, 0) is 4.74 Å². The molecule has 2 fully saturated rings. The topological polar surface area (TPSA) is 21.3 Å². The maximum Gasteiger partial charge on any atom is 0.0506 e. The largest absolute Gasteiger partial charge is 0.381 e. The van der Waals surface area contributed by atoms with Gasteiger partial charge in [0.1, 0.15) is 0 Å². The molecule has 1 unspecified atom stereocenters. The first-order valence-electron chi connectivity index (χ1n) is 7.67. The van der Waals surface area contributed by atoms with E-state index in [2.05, 4.69) is 12.2 Å². The minimum Gasteiger partial charge on any atom is -0.381 e. The molecule has 0 amide bonds. The number of hydrogen-bond donors (Lipinski definition) is 1. The molecule has 100 valence electrons. The summed E-state index contributed by atoms with van der Waals surface area (Å²) in [5.41, 5.74) is 0.